The summed E-state index contributed by atoms with van der Waals surface area (Å²) < 4.78 is 65.3. The largest absolute Gasteiger partial charge is 0.586 e. The Morgan fingerprint density at radius 3 is 2.75 bits per heavy atom. The Labute approximate surface area is 203 Å². The van der Waals surface area contributed by atoms with E-state index in [4.69, 9.17) is 0 Å². The number of aromatic nitrogens is 3. The van der Waals surface area contributed by atoms with Gasteiger partial charge < -0.3 is 24.9 Å². The van der Waals surface area contributed by atoms with Gasteiger partial charge in [-0.1, -0.05) is 11.3 Å². The van der Waals surface area contributed by atoms with Crippen LogP contribution in [0.4, 0.5) is 22.7 Å². The monoisotopic (exact) mass is 529 g/mol. The van der Waals surface area contributed by atoms with Crippen LogP contribution >= 0.6 is 11.3 Å². The number of benzene rings is 1. The van der Waals surface area contributed by atoms with Crippen molar-refractivity contribution in [3.8, 4) is 11.5 Å². The molecule has 4 heterocycles. The number of thiazole rings is 1. The molecule has 36 heavy (non-hydrogen) atoms. The van der Waals surface area contributed by atoms with Gasteiger partial charge in [0.05, 0.1) is 34.5 Å². The van der Waals surface area contributed by atoms with Gasteiger partial charge in [0.15, 0.2) is 16.6 Å². The van der Waals surface area contributed by atoms with E-state index in [-0.39, 0.29) is 41.1 Å². The van der Waals surface area contributed by atoms with Crippen molar-refractivity contribution >= 4 is 32.6 Å². The van der Waals surface area contributed by atoms with E-state index in [1.165, 1.54) is 12.1 Å². The lowest BCUT2D eigenvalue weighted by Crippen LogP contribution is -2.52. The number of aliphatic hydroxyl groups excluding tert-OH is 1. The topological polar surface area (TPSA) is 130 Å². The lowest BCUT2D eigenvalue weighted by Gasteiger charge is -2.40. The predicted octanol–water partition coefficient (Wildman–Crippen LogP) is 2.65. The van der Waals surface area contributed by atoms with Crippen molar-refractivity contribution in [2.24, 2.45) is 0 Å². The van der Waals surface area contributed by atoms with E-state index in [0.717, 1.165) is 17.5 Å². The highest BCUT2D eigenvalue weighted by atomic mass is 32.1. The Balaban J connectivity index is 1.31. The third kappa shape index (κ3) is 4.49. The standard InChI is InChI=1S/C21H19F4N5O5S/c1-9(30-3-2-20(22,23)10(7-30)12-6-26-18(33)13(8-31)27-12)17(32)29-19-28-11-4-14-15(5-16(11)36-19)35-21(24,25)34-14/h4-6,9-10,31H,2-3,7-8H2,1H3,(H,26,33)(H,28,29,32)/t9-,10?/m0/s1. The molecule has 1 saturated heterocycles. The van der Waals surface area contributed by atoms with Crippen molar-refractivity contribution < 1.29 is 36.9 Å². The highest BCUT2D eigenvalue weighted by Gasteiger charge is 2.47. The molecule has 3 aromatic rings. The second kappa shape index (κ2) is 8.67. The Bertz CT molecular complexity index is 1350. The Hall–Kier alpha value is -3.30. The molecule has 15 heteroatoms. The lowest BCUT2D eigenvalue weighted by atomic mass is 9.89. The molecular weight excluding hydrogens is 510 g/mol. The average molecular weight is 529 g/mol. The zero-order valence-electron chi connectivity index (χ0n) is 18.6. The van der Waals surface area contributed by atoms with Crippen LogP contribution in [0.2, 0.25) is 0 Å². The number of nitrogens with one attached hydrogen (secondary N) is 2. The smallest absolute Gasteiger partial charge is 0.395 e. The quantitative estimate of drug-likeness (QED) is 0.431. The van der Waals surface area contributed by atoms with Crippen LogP contribution in [-0.2, 0) is 11.4 Å². The van der Waals surface area contributed by atoms with Crippen LogP contribution in [0.15, 0.2) is 23.1 Å². The molecule has 0 aliphatic carbocycles. The first kappa shape index (κ1) is 24.4. The van der Waals surface area contributed by atoms with Gasteiger partial charge in [-0.15, -0.1) is 8.78 Å². The van der Waals surface area contributed by atoms with Gasteiger partial charge in [0, 0.05) is 37.8 Å². The summed E-state index contributed by atoms with van der Waals surface area (Å²) in [5.74, 6) is -5.38. The number of anilines is 1. The molecule has 0 radical (unpaired) electrons. The van der Waals surface area contributed by atoms with Crippen LogP contribution in [0.3, 0.4) is 0 Å². The van der Waals surface area contributed by atoms with Gasteiger partial charge in [-0.25, -0.2) is 18.7 Å². The molecular formula is C21H19F4N5O5S. The molecule has 2 aromatic heterocycles. The normalized spacial score (nSPS) is 21.4. The highest BCUT2D eigenvalue weighted by Crippen LogP contribution is 2.45. The van der Waals surface area contributed by atoms with Gasteiger partial charge >= 0.3 is 6.29 Å². The number of piperidine rings is 1. The van der Waals surface area contributed by atoms with Gasteiger partial charge in [0.1, 0.15) is 5.69 Å². The number of rotatable bonds is 5. The fourth-order valence-electron chi connectivity index (χ4n) is 4.14. The lowest BCUT2D eigenvalue weighted by molar-refractivity contribution is -0.286. The maximum atomic E-state index is 14.7. The van der Waals surface area contributed by atoms with E-state index in [2.05, 4.69) is 29.7 Å². The highest BCUT2D eigenvalue weighted by molar-refractivity contribution is 7.22. The van der Waals surface area contributed by atoms with Crippen molar-refractivity contribution in [2.75, 3.05) is 18.4 Å². The molecule has 1 amide bonds. The first-order valence-corrected chi connectivity index (χ1v) is 11.6. The predicted molar refractivity (Wildman–Crippen MR) is 119 cm³/mol. The molecule has 1 aromatic carbocycles. The average Bonchev–Trinajstić information content (AvgIpc) is 3.33. The minimum absolute atomic E-state index is 0.0657. The third-order valence-corrected chi connectivity index (χ3v) is 7.05. The molecule has 2 atom stereocenters. The summed E-state index contributed by atoms with van der Waals surface area (Å²) in [6, 6.07) is 1.78. The van der Waals surface area contributed by atoms with Crippen molar-refractivity contribution in [3.63, 3.8) is 0 Å². The van der Waals surface area contributed by atoms with E-state index < -0.39 is 48.7 Å². The van der Waals surface area contributed by atoms with E-state index >= 15 is 0 Å². The van der Waals surface area contributed by atoms with Gasteiger partial charge in [0.25, 0.3) is 11.5 Å². The van der Waals surface area contributed by atoms with E-state index in [0.29, 0.717) is 10.2 Å². The minimum Gasteiger partial charge on any atom is -0.395 e. The SMILES string of the molecule is C[C@@H](C(=O)Nc1nc2cc3c(cc2s1)OC(F)(F)O3)N1CCC(F)(F)C(c2c[nH]c(=O)c(CO)n2)C1. The number of carbonyl (C=O) groups is 1. The molecule has 0 spiro atoms. The molecule has 0 saturated carbocycles. The number of likely N-dealkylation sites (tertiary alicyclic amines) is 1. The van der Waals surface area contributed by atoms with E-state index in [1.807, 2.05) is 0 Å². The maximum Gasteiger partial charge on any atom is 0.586 e. The van der Waals surface area contributed by atoms with Gasteiger partial charge in [-0.3, -0.25) is 14.5 Å². The number of carbonyl (C=O) groups excluding carboxylic acids is 1. The first-order valence-electron chi connectivity index (χ1n) is 10.8. The fraction of sp³-hybridized carbons (Fsp3) is 0.429. The number of hydrogen-bond donors (Lipinski definition) is 3. The summed E-state index contributed by atoms with van der Waals surface area (Å²) in [4.78, 5) is 36.6. The fourth-order valence-corrected chi connectivity index (χ4v) is 5.02. The van der Waals surface area contributed by atoms with Crippen molar-refractivity contribution in [1.29, 1.82) is 0 Å². The molecule has 10 nitrogen and oxygen atoms in total. The second-order valence-corrected chi connectivity index (χ2v) is 9.47. The van der Waals surface area contributed by atoms with Crippen molar-refractivity contribution in [2.45, 2.75) is 44.1 Å². The molecule has 1 unspecified atom stereocenters. The molecule has 192 valence electrons. The first-order chi connectivity index (χ1) is 17.0. The zero-order chi connectivity index (χ0) is 25.8. The number of halogens is 4. The van der Waals surface area contributed by atoms with Crippen LogP contribution in [0.25, 0.3) is 10.2 Å². The number of amides is 1. The van der Waals surface area contributed by atoms with Crippen LogP contribution in [0, 0.1) is 0 Å². The van der Waals surface area contributed by atoms with Crippen LogP contribution < -0.4 is 20.3 Å². The molecule has 5 rings (SSSR count). The minimum atomic E-state index is -3.76. The Morgan fingerprint density at radius 1 is 1.31 bits per heavy atom. The Kier molecular flexibility index (Phi) is 5.88. The number of alkyl halides is 4. The van der Waals surface area contributed by atoms with Gasteiger partial charge in [-0.2, -0.15) is 0 Å². The number of H-pyrrole nitrogens is 1. The van der Waals surface area contributed by atoms with E-state index in [9.17, 15) is 32.3 Å². The second-order valence-electron chi connectivity index (χ2n) is 8.44. The summed E-state index contributed by atoms with van der Waals surface area (Å²) in [5.41, 5.74) is -0.717. The molecule has 3 N–H and O–H groups in total. The molecule has 1 fully saturated rings. The van der Waals surface area contributed by atoms with Crippen LogP contribution in [-0.4, -0.2) is 62.2 Å². The molecule has 2 aliphatic rings. The molecule has 2 aliphatic heterocycles. The molecule has 0 bridgehead atoms. The summed E-state index contributed by atoms with van der Waals surface area (Å²) in [7, 11) is 0. The van der Waals surface area contributed by atoms with Crippen LogP contribution in [0.1, 0.15) is 30.7 Å². The summed E-state index contributed by atoms with van der Waals surface area (Å²) in [5, 5.41) is 12.1. The summed E-state index contributed by atoms with van der Waals surface area (Å²) >= 11 is 1.03. The number of ether oxygens (including phenoxy) is 2. The number of aromatic amines is 1. The van der Waals surface area contributed by atoms with Gasteiger partial charge in [0.2, 0.25) is 5.91 Å². The number of hydrogen-bond acceptors (Lipinski definition) is 9. The maximum absolute atomic E-state index is 14.7. The van der Waals surface area contributed by atoms with Crippen molar-refractivity contribution in [1.82, 2.24) is 19.9 Å². The Morgan fingerprint density at radius 2 is 2.03 bits per heavy atom. The third-order valence-electron chi connectivity index (χ3n) is 6.11. The number of fused-ring (bicyclic) bond motifs is 2. The number of aliphatic hydroxyl groups is 1. The summed E-state index contributed by atoms with van der Waals surface area (Å²) in [6.45, 7) is 0.571. The van der Waals surface area contributed by atoms with Crippen LogP contribution in [0.5, 0.6) is 11.5 Å². The number of nitrogens with zero attached hydrogens (tertiary/aromatic N) is 3. The van der Waals surface area contributed by atoms with Crippen molar-refractivity contribution in [3.05, 3.63) is 40.1 Å². The van der Waals surface area contributed by atoms with Gasteiger partial charge in [-0.05, 0) is 6.92 Å². The summed E-state index contributed by atoms with van der Waals surface area (Å²) in [6.07, 6.45) is -3.20. The zero-order valence-corrected chi connectivity index (χ0v) is 19.4. The van der Waals surface area contributed by atoms with E-state index in [1.54, 1.807) is 11.8 Å².